The number of nitrogens with two attached hydrogens (primary N) is 1. The molecule has 0 fully saturated rings. The van der Waals surface area contributed by atoms with Gasteiger partial charge >= 0.3 is 0 Å². The van der Waals surface area contributed by atoms with Gasteiger partial charge in [0.1, 0.15) is 5.83 Å². The van der Waals surface area contributed by atoms with Gasteiger partial charge in [0, 0.05) is 12.1 Å². The molecule has 2 nitrogen and oxygen atoms in total. The smallest absolute Gasteiger partial charge is 0.127 e. The van der Waals surface area contributed by atoms with Gasteiger partial charge < -0.3 is 10.6 Å². The fourth-order valence-electron chi connectivity index (χ4n) is 1.21. The Bertz CT molecular complexity index is 231. The summed E-state index contributed by atoms with van der Waals surface area (Å²) in [5.74, 6) is -0.311. The molecule has 0 aromatic heterocycles. The molecule has 0 spiro atoms. The van der Waals surface area contributed by atoms with Crippen LogP contribution in [0.1, 0.15) is 13.3 Å². The lowest BCUT2D eigenvalue weighted by Crippen LogP contribution is -2.21. The van der Waals surface area contributed by atoms with Gasteiger partial charge in [-0.2, -0.15) is 0 Å². The van der Waals surface area contributed by atoms with E-state index in [0.29, 0.717) is 12.1 Å². The van der Waals surface area contributed by atoms with Gasteiger partial charge in [0.2, 0.25) is 0 Å². The second-order valence-corrected chi connectivity index (χ2v) is 3.17. The van der Waals surface area contributed by atoms with Crippen molar-refractivity contribution in [3.05, 3.63) is 36.3 Å². The third-order valence-electron chi connectivity index (χ3n) is 1.83. The molecule has 0 radical (unpaired) electrons. The summed E-state index contributed by atoms with van der Waals surface area (Å²) in [5.41, 5.74) is 5.81. The zero-order valence-electron chi connectivity index (χ0n) is 8.96. The number of halogens is 1. The highest BCUT2D eigenvalue weighted by atomic mass is 19.1. The number of allylic oxidation sites excluding steroid dienone is 2. The number of nitrogens with zero attached hydrogens (tertiary/aromatic N) is 1. The van der Waals surface area contributed by atoms with E-state index in [2.05, 4.69) is 13.5 Å². The van der Waals surface area contributed by atoms with Gasteiger partial charge in [-0.15, -0.1) is 0 Å². The average Bonchev–Trinajstić information content (AvgIpc) is 2.16. The molecule has 0 saturated carbocycles. The van der Waals surface area contributed by atoms with Crippen molar-refractivity contribution in [1.82, 2.24) is 4.90 Å². The summed E-state index contributed by atoms with van der Waals surface area (Å²) in [4.78, 5) is 2.04. The predicted octanol–water partition coefficient (Wildman–Crippen LogP) is 2.21. The van der Waals surface area contributed by atoms with Crippen LogP contribution in [-0.2, 0) is 0 Å². The Morgan fingerprint density at radius 1 is 1.57 bits per heavy atom. The second kappa shape index (κ2) is 7.33. The van der Waals surface area contributed by atoms with Crippen molar-refractivity contribution in [2.75, 3.05) is 20.1 Å². The molecule has 0 aliphatic heterocycles. The van der Waals surface area contributed by atoms with Crippen molar-refractivity contribution in [2.45, 2.75) is 13.3 Å². The molecule has 0 rings (SSSR count). The van der Waals surface area contributed by atoms with E-state index >= 15 is 0 Å². The van der Waals surface area contributed by atoms with Crippen LogP contribution in [0.2, 0.25) is 0 Å². The maximum Gasteiger partial charge on any atom is 0.127 e. The van der Waals surface area contributed by atoms with Crippen LogP contribution in [0.4, 0.5) is 4.39 Å². The van der Waals surface area contributed by atoms with Gasteiger partial charge in [-0.1, -0.05) is 13.5 Å². The van der Waals surface area contributed by atoms with E-state index in [-0.39, 0.29) is 5.83 Å². The number of hydrogen-bond donors (Lipinski definition) is 1. The second-order valence-electron chi connectivity index (χ2n) is 3.17. The highest BCUT2D eigenvalue weighted by Crippen LogP contribution is 2.10. The summed E-state index contributed by atoms with van der Waals surface area (Å²) in [7, 11) is 1.95. The normalized spacial score (nSPS) is 13.4. The Hall–Kier alpha value is -1.09. The molecular weight excluding hydrogens is 179 g/mol. The Balaban J connectivity index is 4.45. The van der Waals surface area contributed by atoms with Crippen molar-refractivity contribution in [3.8, 4) is 0 Å². The minimum Gasteiger partial charge on any atom is -0.405 e. The SMILES string of the molecule is C=C/C(F)=C(\C=C/N)CN(C)CCC. The first-order chi connectivity index (χ1) is 6.65. The first-order valence-corrected chi connectivity index (χ1v) is 4.73. The van der Waals surface area contributed by atoms with Gasteiger partial charge in [-0.05, 0) is 38.4 Å². The Kier molecular flexibility index (Phi) is 6.76. The minimum absolute atomic E-state index is 0.311. The first-order valence-electron chi connectivity index (χ1n) is 4.73. The summed E-state index contributed by atoms with van der Waals surface area (Å²) in [5, 5.41) is 0. The third-order valence-corrected chi connectivity index (χ3v) is 1.83. The summed E-state index contributed by atoms with van der Waals surface area (Å²) in [6, 6.07) is 0. The maximum atomic E-state index is 13.2. The molecule has 0 atom stereocenters. The van der Waals surface area contributed by atoms with Crippen molar-refractivity contribution in [2.24, 2.45) is 5.73 Å². The van der Waals surface area contributed by atoms with E-state index in [9.17, 15) is 4.39 Å². The Morgan fingerprint density at radius 3 is 2.64 bits per heavy atom. The van der Waals surface area contributed by atoms with Crippen LogP contribution in [0, 0.1) is 0 Å². The van der Waals surface area contributed by atoms with Crippen LogP contribution in [0.3, 0.4) is 0 Å². The fourth-order valence-corrected chi connectivity index (χ4v) is 1.21. The van der Waals surface area contributed by atoms with E-state index in [0.717, 1.165) is 13.0 Å². The van der Waals surface area contributed by atoms with Crippen LogP contribution in [0.5, 0.6) is 0 Å². The lowest BCUT2D eigenvalue weighted by atomic mass is 10.2. The summed E-state index contributed by atoms with van der Waals surface area (Å²) >= 11 is 0. The zero-order valence-corrected chi connectivity index (χ0v) is 8.96. The fraction of sp³-hybridized carbons (Fsp3) is 0.455. The molecule has 0 aliphatic carbocycles. The molecule has 0 aromatic carbocycles. The standard InChI is InChI=1S/C11H19FN2/c1-4-8-14(3)9-10(6-7-13)11(12)5-2/h5-7H,2,4,8-9,13H2,1,3H3/b7-6-,11-10-. The number of rotatable bonds is 6. The summed E-state index contributed by atoms with van der Waals surface area (Å²) in [6.07, 6.45) is 5.17. The summed E-state index contributed by atoms with van der Waals surface area (Å²) < 4.78 is 13.2. The highest BCUT2D eigenvalue weighted by molar-refractivity contribution is 5.28. The zero-order chi connectivity index (χ0) is 11.0. The van der Waals surface area contributed by atoms with E-state index in [1.54, 1.807) is 6.08 Å². The van der Waals surface area contributed by atoms with Gasteiger partial charge in [-0.3, -0.25) is 0 Å². The van der Waals surface area contributed by atoms with Gasteiger partial charge in [0.05, 0.1) is 0 Å². The first kappa shape index (κ1) is 12.9. The van der Waals surface area contributed by atoms with E-state index in [1.807, 2.05) is 11.9 Å². The van der Waals surface area contributed by atoms with Crippen LogP contribution >= 0.6 is 0 Å². The molecule has 0 bridgehead atoms. The average molecular weight is 198 g/mol. The topological polar surface area (TPSA) is 29.3 Å². The molecule has 0 amide bonds. The van der Waals surface area contributed by atoms with Gasteiger partial charge in [-0.25, -0.2) is 4.39 Å². The van der Waals surface area contributed by atoms with Gasteiger partial charge in [0.15, 0.2) is 0 Å². The Morgan fingerprint density at radius 2 is 2.21 bits per heavy atom. The molecule has 80 valence electrons. The summed E-state index contributed by atoms with van der Waals surface area (Å²) in [6.45, 7) is 6.97. The van der Waals surface area contributed by atoms with Crippen LogP contribution in [0.25, 0.3) is 0 Å². The van der Waals surface area contributed by atoms with E-state index < -0.39 is 0 Å². The molecular formula is C11H19FN2. The van der Waals surface area contributed by atoms with Crippen molar-refractivity contribution in [3.63, 3.8) is 0 Å². The quantitative estimate of drug-likeness (QED) is 0.663. The molecule has 0 heterocycles. The monoisotopic (exact) mass is 198 g/mol. The molecule has 0 aliphatic rings. The molecule has 3 heteroatoms. The van der Waals surface area contributed by atoms with Crippen LogP contribution in [0.15, 0.2) is 36.3 Å². The van der Waals surface area contributed by atoms with Crippen molar-refractivity contribution >= 4 is 0 Å². The largest absolute Gasteiger partial charge is 0.405 e. The molecule has 14 heavy (non-hydrogen) atoms. The Labute approximate surface area is 85.6 Å². The molecule has 0 aromatic rings. The van der Waals surface area contributed by atoms with Crippen molar-refractivity contribution < 1.29 is 4.39 Å². The minimum atomic E-state index is -0.311. The van der Waals surface area contributed by atoms with Crippen LogP contribution < -0.4 is 5.73 Å². The molecule has 2 N–H and O–H groups in total. The maximum absolute atomic E-state index is 13.2. The lowest BCUT2D eigenvalue weighted by Gasteiger charge is -2.16. The molecule has 0 saturated heterocycles. The predicted molar refractivity (Wildman–Crippen MR) is 59.4 cm³/mol. The van der Waals surface area contributed by atoms with Crippen LogP contribution in [-0.4, -0.2) is 25.0 Å². The lowest BCUT2D eigenvalue weighted by molar-refractivity contribution is 0.362. The highest BCUT2D eigenvalue weighted by Gasteiger charge is 2.03. The molecule has 0 unspecified atom stereocenters. The van der Waals surface area contributed by atoms with E-state index in [1.165, 1.54) is 12.3 Å². The number of hydrogen-bond acceptors (Lipinski definition) is 2. The van der Waals surface area contributed by atoms with Crippen molar-refractivity contribution in [1.29, 1.82) is 0 Å². The number of likely N-dealkylation sites (N-methyl/N-ethyl adjacent to an activating group) is 1. The van der Waals surface area contributed by atoms with Gasteiger partial charge in [0.25, 0.3) is 0 Å². The van der Waals surface area contributed by atoms with E-state index in [4.69, 9.17) is 5.73 Å². The third kappa shape index (κ3) is 4.82.